The number of morpholine rings is 1. The highest BCUT2D eigenvalue weighted by Gasteiger charge is 2.08. The highest BCUT2D eigenvalue weighted by atomic mass is 35.5. The number of nitrogens with one attached hydrogen (secondary N) is 1. The van der Waals surface area contributed by atoms with Crippen LogP contribution in [0.5, 0.6) is 0 Å². The molecular formula is C15H22Cl2N2O. The molecule has 1 N–H and O–H groups in total. The number of hydrogen-bond donors (Lipinski definition) is 1. The molecule has 112 valence electrons. The molecule has 0 aromatic heterocycles. The first kappa shape index (κ1) is 16.1. The minimum Gasteiger partial charge on any atom is -0.379 e. The van der Waals surface area contributed by atoms with Crippen LogP contribution in [0.25, 0.3) is 0 Å². The highest BCUT2D eigenvalue weighted by molar-refractivity contribution is 6.42. The molecule has 0 spiro atoms. The first-order chi connectivity index (χ1) is 9.75. The van der Waals surface area contributed by atoms with E-state index < -0.39 is 0 Å². The molecule has 5 heteroatoms. The molecule has 0 aliphatic carbocycles. The van der Waals surface area contributed by atoms with Crippen LogP contribution in [0.15, 0.2) is 18.2 Å². The normalized spacial score (nSPS) is 16.5. The predicted molar refractivity (Wildman–Crippen MR) is 84.9 cm³/mol. The Hall–Kier alpha value is -0.320. The van der Waals surface area contributed by atoms with Gasteiger partial charge in [0.05, 0.1) is 23.3 Å². The molecule has 1 heterocycles. The topological polar surface area (TPSA) is 24.5 Å². The molecule has 0 atom stereocenters. The number of benzene rings is 1. The number of rotatable bonds is 7. The second kappa shape index (κ2) is 8.85. The minimum atomic E-state index is 0.619. The molecule has 0 amide bonds. The van der Waals surface area contributed by atoms with E-state index in [9.17, 15) is 0 Å². The lowest BCUT2D eigenvalue weighted by atomic mass is 10.1. The summed E-state index contributed by atoms with van der Waals surface area (Å²) in [6.45, 7) is 7.09. The number of ether oxygens (including phenoxy) is 1. The van der Waals surface area contributed by atoms with E-state index in [-0.39, 0.29) is 0 Å². The van der Waals surface area contributed by atoms with Gasteiger partial charge < -0.3 is 10.1 Å². The first-order valence-corrected chi connectivity index (χ1v) is 7.96. The summed E-state index contributed by atoms with van der Waals surface area (Å²) in [4.78, 5) is 2.46. The fourth-order valence-electron chi connectivity index (χ4n) is 2.31. The maximum Gasteiger partial charge on any atom is 0.0595 e. The van der Waals surface area contributed by atoms with Gasteiger partial charge in [0.2, 0.25) is 0 Å². The zero-order chi connectivity index (χ0) is 14.2. The molecule has 1 aromatic carbocycles. The fraction of sp³-hybridized carbons (Fsp3) is 0.600. The van der Waals surface area contributed by atoms with Crippen molar-refractivity contribution in [2.45, 2.75) is 12.8 Å². The summed E-state index contributed by atoms with van der Waals surface area (Å²) in [7, 11) is 0. The average Bonchev–Trinajstić information content (AvgIpc) is 2.47. The van der Waals surface area contributed by atoms with E-state index in [0.717, 1.165) is 52.4 Å². The Morgan fingerprint density at radius 1 is 1.10 bits per heavy atom. The molecule has 1 aliphatic rings. The number of nitrogens with zero attached hydrogens (tertiary/aromatic N) is 1. The van der Waals surface area contributed by atoms with Gasteiger partial charge in [-0.1, -0.05) is 29.3 Å². The molecule has 3 nitrogen and oxygen atoms in total. The van der Waals surface area contributed by atoms with E-state index in [1.165, 1.54) is 12.0 Å². The molecular weight excluding hydrogens is 295 g/mol. The third-order valence-corrected chi connectivity index (χ3v) is 4.25. The van der Waals surface area contributed by atoms with Gasteiger partial charge in [0.25, 0.3) is 0 Å². The molecule has 0 radical (unpaired) electrons. The lowest BCUT2D eigenvalue weighted by Crippen LogP contribution is -2.37. The van der Waals surface area contributed by atoms with Gasteiger partial charge in [0.1, 0.15) is 0 Å². The van der Waals surface area contributed by atoms with Crippen molar-refractivity contribution in [3.63, 3.8) is 0 Å². The van der Waals surface area contributed by atoms with Crippen LogP contribution in [-0.2, 0) is 11.2 Å². The smallest absolute Gasteiger partial charge is 0.0595 e. The van der Waals surface area contributed by atoms with Crippen LogP contribution in [0.1, 0.15) is 12.0 Å². The Morgan fingerprint density at radius 3 is 2.65 bits per heavy atom. The molecule has 0 unspecified atom stereocenters. The van der Waals surface area contributed by atoms with Crippen molar-refractivity contribution in [2.75, 3.05) is 45.9 Å². The maximum absolute atomic E-state index is 5.99. The summed E-state index contributed by atoms with van der Waals surface area (Å²) in [5, 5.41) is 4.73. The van der Waals surface area contributed by atoms with E-state index in [2.05, 4.69) is 10.2 Å². The molecule has 1 aliphatic heterocycles. The van der Waals surface area contributed by atoms with Crippen molar-refractivity contribution in [3.8, 4) is 0 Å². The molecule has 0 saturated carbocycles. The van der Waals surface area contributed by atoms with Gasteiger partial charge in [0.15, 0.2) is 0 Å². The minimum absolute atomic E-state index is 0.619. The van der Waals surface area contributed by atoms with E-state index in [1.54, 1.807) is 0 Å². The number of hydrogen-bond acceptors (Lipinski definition) is 3. The molecule has 1 fully saturated rings. The lowest BCUT2D eigenvalue weighted by Gasteiger charge is -2.26. The zero-order valence-corrected chi connectivity index (χ0v) is 13.2. The van der Waals surface area contributed by atoms with Crippen molar-refractivity contribution >= 4 is 23.2 Å². The first-order valence-electron chi connectivity index (χ1n) is 7.20. The van der Waals surface area contributed by atoms with Crippen LogP contribution < -0.4 is 5.32 Å². The molecule has 20 heavy (non-hydrogen) atoms. The van der Waals surface area contributed by atoms with Crippen LogP contribution in [0.4, 0.5) is 0 Å². The van der Waals surface area contributed by atoms with Gasteiger partial charge in [0, 0.05) is 13.1 Å². The molecule has 2 rings (SSSR count). The Labute approximate surface area is 131 Å². The summed E-state index contributed by atoms with van der Waals surface area (Å²) in [6, 6.07) is 5.83. The Balaban J connectivity index is 1.53. The van der Waals surface area contributed by atoms with Gasteiger partial charge >= 0.3 is 0 Å². The average molecular weight is 317 g/mol. The maximum atomic E-state index is 5.99. The third kappa shape index (κ3) is 5.58. The second-order valence-corrected chi connectivity index (χ2v) is 5.87. The molecule has 1 saturated heterocycles. The van der Waals surface area contributed by atoms with E-state index in [4.69, 9.17) is 27.9 Å². The largest absolute Gasteiger partial charge is 0.379 e. The Morgan fingerprint density at radius 2 is 1.90 bits per heavy atom. The van der Waals surface area contributed by atoms with Crippen LogP contribution in [0, 0.1) is 0 Å². The summed E-state index contributed by atoms with van der Waals surface area (Å²) in [5.74, 6) is 0. The van der Waals surface area contributed by atoms with Crippen molar-refractivity contribution < 1.29 is 4.74 Å². The molecule has 0 bridgehead atoms. The molecule has 1 aromatic rings. The Bertz CT molecular complexity index is 409. The van der Waals surface area contributed by atoms with Gasteiger partial charge in [-0.2, -0.15) is 0 Å². The summed E-state index contributed by atoms with van der Waals surface area (Å²) in [5.41, 5.74) is 1.22. The zero-order valence-electron chi connectivity index (χ0n) is 11.7. The SMILES string of the molecule is Clc1ccc(CCNCCCN2CCOCC2)cc1Cl. The van der Waals surface area contributed by atoms with Crippen LogP contribution in [-0.4, -0.2) is 50.8 Å². The quantitative estimate of drug-likeness (QED) is 0.783. The van der Waals surface area contributed by atoms with Crippen molar-refractivity contribution in [3.05, 3.63) is 33.8 Å². The van der Waals surface area contributed by atoms with E-state index in [0.29, 0.717) is 10.0 Å². The summed E-state index contributed by atoms with van der Waals surface area (Å²) < 4.78 is 5.33. The van der Waals surface area contributed by atoms with Gasteiger partial charge in [-0.25, -0.2) is 0 Å². The van der Waals surface area contributed by atoms with E-state index in [1.807, 2.05) is 18.2 Å². The van der Waals surface area contributed by atoms with Gasteiger partial charge in [-0.15, -0.1) is 0 Å². The van der Waals surface area contributed by atoms with E-state index >= 15 is 0 Å². The highest BCUT2D eigenvalue weighted by Crippen LogP contribution is 2.22. The summed E-state index contributed by atoms with van der Waals surface area (Å²) in [6.07, 6.45) is 2.16. The van der Waals surface area contributed by atoms with Gasteiger partial charge in [-0.05, 0) is 50.2 Å². The number of halogens is 2. The fourth-order valence-corrected chi connectivity index (χ4v) is 2.63. The monoisotopic (exact) mass is 316 g/mol. The van der Waals surface area contributed by atoms with Crippen molar-refractivity contribution in [1.82, 2.24) is 10.2 Å². The van der Waals surface area contributed by atoms with Crippen LogP contribution in [0.2, 0.25) is 10.0 Å². The van der Waals surface area contributed by atoms with Crippen LogP contribution in [0.3, 0.4) is 0 Å². The van der Waals surface area contributed by atoms with Crippen molar-refractivity contribution in [1.29, 1.82) is 0 Å². The Kier molecular flexibility index (Phi) is 7.11. The predicted octanol–water partition coefficient (Wildman–Crippen LogP) is 2.85. The second-order valence-electron chi connectivity index (χ2n) is 5.06. The lowest BCUT2D eigenvalue weighted by molar-refractivity contribution is 0.0375. The van der Waals surface area contributed by atoms with Gasteiger partial charge in [-0.3, -0.25) is 4.90 Å². The standard InChI is InChI=1S/C15H22Cl2N2O/c16-14-3-2-13(12-15(14)17)4-6-18-5-1-7-19-8-10-20-11-9-19/h2-3,12,18H,1,4-11H2. The van der Waals surface area contributed by atoms with Crippen LogP contribution >= 0.6 is 23.2 Å². The van der Waals surface area contributed by atoms with Crippen molar-refractivity contribution in [2.24, 2.45) is 0 Å². The third-order valence-electron chi connectivity index (χ3n) is 3.51. The summed E-state index contributed by atoms with van der Waals surface area (Å²) >= 11 is 11.9.